The normalized spacial score (nSPS) is 26.2. The number of aliphatic hydroxyl groups is 1. The van der Waals surface area contributed by atoms with E-state index in [2.05, 4.69) is 52.1 Å². The lowest BCUT2D eigenvalue weighted by molar-refractivity contribution is 0.180. The van der Waals surface area contributed by atoms with Gasteiger partial charge in [0.2, 0.25) is 0 Å². The molecule has 2 fully saturated rings. The third-order valence-electron chi connectivity index (χ3n) is 5.88. The number of nitrogens with zero attached hydrogens (tertiary/aromatic N) is 3. The third kappa shape index (κ3) is 2.49. The molecule has 1 aromatic carbocycles. The average molecular weight is 311 g/mol. The fourth-order valence-corrected chi connectivity index (χ4v) is 4.24. The monoisotopic (exact) mass is 311 g/mol. The molecule has 0 amide bonds. The minimum absolute atomic E-state index is 0.0869. The van der Waals surface area contributed by atoms with Crippen molar-refractivity contribution in [2.24, 2.45) is 13.0 Å². The zero-order chi connectivity index (χ0) is 15.9. The highest BCUT2D eigenvalue weighted by molar-refractivity contribution is 5.39. The van der Waals surface area contributed by atoms with Gasteiger partial charge in [0.15, 0.2) is 0 Å². The first-order valence-electron chi connectivity index (χ1n) is 8.81. The molecule has 1 heterocycles. The Morgan fingerprint density at radius 3 is 2.39 bits per heavy atom. The van der Waals surface area contributed by atoms with Gasteiger partial charge in [-0.1, -0.05) is 30.3 Å². The minimum atomic E-state index is 0.0869. The molecule has 2 aliphatic carbocycles. The topological polar surface area (TPSA) is 50.9 Å². The van der Waals surface area contributed by atoms with Crippen LogP contribution in [0, 0.1) is 5.92 Å². The molecule has 2 aliphatic rings. The maximum absolute atomic E-state index is 9.31. The van der Waals surface area contributed by atoms with Crippen molar-refractivity contribution in [3.8, 4) is 0 Å². The molecule has 1 N–H and O–H groups in total. The first-order chi connectivity index (χ1) is 11.2. The first kappa shape index (κ1) is 14.9. The van der Waals surface area contributed by atoms with E-state index in [-0.39, 0.29) is 5.41 Å². The van der Waals surface area contributed by atoms with Crippen LogP contribution in [0.15, 0.2) is 30.3 Å². The van der Waals surface area contributed by atoms with Gasteiger partial charge in [0.25, 0.3) is 0 Å². The summed E-state index contributed by atoms with van der Waals surface area (Å²) in [4.78, 5) is 0. The van der Waals surface area contributed by atoms with Crippen molar-refractivity contribution in [1.82, 2.24) is 14.8 Å². The fourth-order valence-electron chi connectivity index (χ4n) is 4.24. The molecule has 122 valence electrons. The van der Waals surface area contributed by atoms with Gasteiger partial charge in [-0.2, -0.15) is 0 Å². The maximum atomic E-state index is 9.31. The van der Waals surface area contributed by atoms with Crippen molar-refractivity contribution in [2.45, 2.75) is 49.9 Å². The van der Waals surface area contributed by atoms with Crippen LogP contribution in [0.4, 0.5) is 0 Å². The van der Waals surface area contributed by atoms with E-state index in [0.29, 0.717) is 18.4 Å². The summed E-state index contributed by atoms with van der Waals surface area (Å²) in [5.41, 5.74) is 1.45. The van der Waals surface area contributed by atoms with Crippen molar-refractivity contribution in [3.63, 3.8) is 0 Å². The van der Waals surface area contributed by atoms with Crippen LogP contribution in [-0.4, -0.2) is 26.5 Å². The summed E-state index contributed by atoms with van der Waals surface area (Å²) < 4.78 is 2.25. The fraction of sp³-hybridized carbons (Fsp3) is 0.579. The summed E-state index contributed by atoms with van der Waals surface area (Å²) in [5, 5.41) is 18.5. The lowest BCUT2D eigenvalue weighted by Gasteiger charge is -2.26. The molecule has 0 atom stereocenters. The minimum Gasteiger partial charge on any atom is -0.396 e. The Balaban J connectivity index is 1.60. The van der Waals surface area contributed by atoms with Crippen molar-refractivity contribution >= 4 is 0 Å². The molecule has 23 heavy (non-hydrogen) atoms. The van der Waals surface area contributed by atoms with Crippen LogP contribution >= 0.6 is 0 Å². The SMILES string of the molecule is Cn1c(C2CCC(CO)CC2)nnc1C1(c2ccccc2)CC1. The van der Waals surface area contributed by atoms with Crippen LogP contribution in [-0.2, 0) is 12.5 Å². The summed E-state index contributed by atoms with van der Waals surface area (Å²) in [5.74, 6) is 3.25. The molecule has 0 bridgehead atoms. The zero-order valence-corrected chi connectivity index (χ0v) is 13.8. The number of rotatable bonds is 4. The van der Waals surface area contributed by atoms with Gasteiger partial charge in [-0.05, 0) is 50.0 Å². The number of hydrogen-bond donors (Lipinski definition) is 1. The highest BCUT2D eigenvalue weighted by Crippen LogP contribution is 2.53. The summed E-state index contributed by atoms with van der Waals surface area (Å²) in [7, 11) is 2.13. The van der Waals surface area contributed by atoms with E-state index in [0.717, 1.165) is 37.3 Å². The smallest absolute Gasteiger partial charge is 0.143 e. The van der Waals surface area contributed by atoms with Gasteiger partial charge in [0.05, 0.1) is 5.41 Å². The molecule has 0 radical (unpaired) electrons. The van der Waals surface area contributed by atoms with Crippen molar-refractivity contribution in [1.29, 1.82) is 0 Å². The summed E-state index contributed by atoms with van der Waals surface area (Å²) in [6.45, 7) is 0.327. The van der Waals surface area contributed by atoms with Gasteiger partial charge in [-0.15, -0.1) is 10.2 Å². The predicted molar refractivity (Wildman–Crippen MR) is 89.2 cm³/mol. The number of hydrogen-bond acceptors (Lipinski definition) is 3. The summed E-state index contributed by atoms with van der Waals surface area (Å²) >= 11 is 0. The van der Waals surface area contributed by atoms with Gasteiger partial charge >= 0.3 is 0 Å². The van der Waals surface area contributed by atoms with Crippen molar-refractivity contribution in [3.05, 3.63) is 47.5 Å². The predicted octanol–water partition coefficient (Wildman–Crippen LogP) is 3.16. The van der Waals surface area contributed by atoms with E-state index in [1.54, 1.807) is 0 Å². The number of aromatic nitrogens is 3. The Labute approximate surface area is 137 Å². The molecule has 0 aliphatic heterocycles. The molecule has 2 saturated carbocycles. The molecular formula is C19H25N3O. The molecular weight excluding hydrogens is 286 g/mol. The van der Waals surface area contributed by atoms with E-state index in [9.17, 15) is 5.11 Å². The van der Waals surface area contributed by atoms with Crippen molar-refractivity contribution < 1.29 is 5.11 Å². The molecule has 4 nitrogen and oxygen atoms in total. The Hall–Kier alpha value is -1.68. The third-order valence-corrected chi connectivity index (χ3v) is 5.88. The quantitative estimate of drug-likeness (QED) is 0.943. The largest absolute Gasteiger partial charge is 0.396 e. The molecule has 0 spiro atoms. The highest BCUT2D eigenvalue weighted by atomic mass is 16.3. The van der Waals surface area contributed by atoms with Crippen LogP contribution in [0.2, 0.25) is 0 Å². The standard InChI is InChI=1S/C19H25N3O/c1-22-17(15-9-7-14(13-23)8-10-15)20-21-18(22)19(11-12-19)16-5-3-2-4-6-16/h2-6,14-15,23H,7-13H2,1H3. The second kappa shape index (κ2) is 5.75. The Morgan fingerprint density at radius 1 is 1.09 bits per heavy atom. The molecule has 2 aromatic rings. The van der Waals surface area contributed by atoms with E-state index < -0.39 is 0 Å². The summed E-state index contributed by atoms with van der Waals surface area (Å²) in [6, 6.07) is 10.7. The van der Waals surface area contributed by atoms with Crippen LogP contribution in [0.5, 0.6) is 0 Å². The van der Waals surface area contributed by atoms with Crippen LogP contribution < -0.4 is 0 Å². The van der Waals surface area contributed by atoms with Gasteiger partial charge in [-0.3, -0.25) is 0 Å². The maximum Gasteiger partial charge on any atom is 0.143 e. The lowest BCUT2D eigenvalue weighted by Crippen LogP contribution is -2.20. The highest BCUT2D eigenvalue weighted by Gasteiger charge is 2.50. The van der Waals surface area contributed by atoms with Gasteiger partial charge < -0.3 is 9.67 Å². The van der Waals surface area contributed by atoms with E-state index in [4.69, 9.17) is 0 Å². The molecule has 4 rings (SSSR count). The van der Waals surface area contributed by atoms with Gasteiger partial charge in [-0.25, -0.2) is 0 Å². The Bertz CT molecular complexity index is 667. The molecule has 1 aromatic heterocycles. The first-order valence-corrected chi connectivity index (χ1v) is 8.81. The zero-order valence-electron chi connectivity index (χ0n) is 13.8. The van der Waals surface area contributed by atoms with E-state index >= 15 is 0 Å². The Kier molecular flexibility index (Phi) is 3.72. The van der Waals surface area contributed by atoms with Crippen LogP contribution in [0.25, 0.3) is 0 Å². The van der Waals surface area contributed by atoms with Gasteiger partial charge in [0, 0.05) is 19.6 Å². The van der Waals surface area contributed by atoms with Crippen molar-refractivity contribution in [2.75, 3.05) is 6.61 Å². The van der Waals surface area contributed by atoms with Crippen LogP contribution in [0.3, 0.4) is 0 Å². The lowest BCUT2D eigenvalue weighted by atomic mass is 9.82. The van der Waals surface area contributed by atoms with E-state index in [1.165, 1.54) is 18.4 Å². The second-order valence-corrected chi connectivity index (χ2v) is 7.29. The summed E-state index contributed by atoms with van der Waals surface area (Å²) in [6.07, 6.45) is 6.78. The van der Waals surface area contributed by atoms with E-state index in [1.807, 2.05) is 0 Å². The number of aliphatic hydroxyl groups excluding tert-OH is 1. The Morgan fingerprint density at radius 2 is 1.78 bits per heavy atom. The molecule has 4 heteroatoms. The average Bonchev–Trinajstić information content (AvgIpc) is 3.33. The van der Waals surface area contributed by atoms with Crippen LogP contribution in [0.1, 0.15) is 61.7 Å². The van der Waals surface area contributed by atoms with Gasteiger partial charge in [0.1, 0.15) is 11.6 Å². The second-order valence-electron chi connectivity index (χ2n) is 7.29. The molecule has 0 unspecified atom stereocenters. The molecule has 0 saturated heterocycles. The number of benzene rings is 1.